The van der Waals surface area contributed by atoms with E-state index in [-0.39, 0.29) is 0 Å². The van der Waals surface area contributed by atoms with Crippen molar-refractivity contribution in [2.75, 3.05) is 5.73 Å². The molecule has 0 aliphatic carbocycles. The Bertz CT molecular complexity index is 718. The maximum absolute atomic E-state index is 5.89. The lowest BCUT2D eigenvalue weighted by molar-refractivity contribution is 0.810. The van der Waals surface area contributed by atoms with Gasteiger partial charge in [-0.1, -0.05) is 30.3 Å². The van der Waals surface area contributed by atoms with Crippen LogP contribution in [-0.2, 0) is 13.5 Å². The summed E-state index contributed by atoms with van der Waals surface area (Å²) in [5.74, 6) is 2.07. The third-order valence-electron chi connectivity index (χ3n) is 3.09. The molecule has 2 aromatic heterocycles. The maximum Gasteiger partial charge on any atom is 0.161 e. The van der Waals surface area contributed by atoms with E-state index in [4.69, 9.17) is 5.73 Å². The fraction of sp³-hybridized carbons (Fsp3) is 0.133. The molecular formula is C15H15N5. The lowest BCUT2D eigenvalue weighted by Gasteiger charge is -2.06. The molecule has 0 aliphatic heterocycles. The van der Waals surface area contributed by atoms with Crippen molar-refractivity contribution < 1.29 is 0 Å². The predicted molar refractivity (Wildman–Crippen MR) is 77.9 cm³/mol. The SMILES string of the molecule is Cn1ccnc1Cc1cc(N)nc(-c2ccccc2)n1. The quantitative estimate of drug-likeness (QED) is 0.787. The number of anilines is 1. The van der Waals surface area contributed by atoms with Crippen molar-refractivity contribution in [2.24, 2.45) is 7.05 Å². The summed E-state index contributed by atoms with van der Waals surface area (Å²) in [7, 11) is 1.96. The Hall–Kier alpha value is -2.69. The van der Waals surface area contributed by atoms with E-state index >= 15 is 0 Å². The van der Waals surface area contributed by atoms with Gasteiger partial charge in [0.1, 0.15) is 11.6 Å². The third kappa shape index (κ3) is 2.51. The summed E-state index contributed by atoms with van der Waals surface area (Å²) in [6.45, 7) is 0. The molecule has 3 rings (SSSR count). The molecule has 0 spiro atoms. The Morgan fingerprint density at radius 1 is 1.15 bits per heavy atom. The van der Waals surface area contributed by atoms with Crippen LogP contribution >= 0.6 is 0 Å². The average molecular weight is 265 g/mol. The van der Waals surface area contributed by atoms with Crippen LogP contribution in [-0.4, -0.2) is 19.5 Å². The fourth-order valence-corrected chi connectivity index (χ4v) is 2.05. The van der Waals surface area contributed by atoms with Gasteiger partial charge in [-0.3, -0.25) is 0 Å². The summed E-state index contributed by atoms with van der Waals surface area (Å²) < 4.78 is 1.97. The van der Waals surface area contributed by atoms with Crippen LogP contribution in [0.15, 0.2) is 48.8 Å². The van der Waals surface area contributed by atoms with Crippen LogP contribution < -0.4 is 5.73 Å². The van der Waals surface area contributed by atoms with Crippen LogP contribution in [0.3, 0.4) is 0 Å². The molecule has 0 atom stereocenters. The molecule has 0 saturated carbocycles. The van der Waals surface area contributed by atoms with E-state index in [1.807, 2.05) is 48.1 Å². The Morgan fingerprint density at radius 3 is 2.65 bits per heavy atom. The second-order valence-corrected chi connectivity index (χ2v) is 4.60. The number of nitrogen functional groups attached to an aromatic ring is 1. The summed E-state index contributed by atoms with van der Waals surface area (Å²) in [5.41, 5.74) is 7.71. The number of rotatable bonds is 3. The third-order valence-corrected chi connectivity index (χ3v) is 3.09. The molecular weight excluding hydrogens is 250 g/mol. The largest absolute Gasteiger partial charge is 0.384 e. The zero-order valence-corrected chi connectivity index (χ0v) is 11.2. The molecule has 5 heteroatoms. The predicted octanol–water partition coefficient (Wildman–Crippen LogP) is 2.05. The van der Waals surface area contributed by atoms with Crippen molar-refractivity contribution in [1.29, 1.82) is 0 Å². The van der Waals surface area contributed by atoms with Crippen molar-refractivity contribution in [2.45, 2.75) is 6.42 Å². The summed E-state index contributed by atoms with van der Waals surface area (Å²) >= 11 is 0. The standard InChI is InChI=1S/C15H15N5/c1-20-8-7-17-14(20)10-12-9-13(16)19-15(18-12)11-5-3-2-4-6-11/h2-9H,10H2,1H3,(H2,16,18,19). The first-order chi connectivity index (χ1) is 9.72. The van der Waals surface area contributed by atoms with Crippen molar-refractivity contribution in [1.82, 2.24) is 19.5 Å². The van der Waals surface area contributed by atoms with Crippen LogP contribution in [0.1, 0.15) is 11.5 Å². The Morgan fingerprint density at radius 2 is 1.95 bits per heavy atom. The molecule has 0 unspecified atom stereocenters. The van der Waals surface area contributed by atoms with Crippen LogP contribution in [0.2, 0.25) is 0 Å². The minimum absolute atomic E-state index is 0.475. The van der Waals surface area contributed by atoms with Crippen molar-refractivity contribution in [3.05, 3.63) is 60.3 Å². The average Bonchev–Trinajstić information content (AvgIpc) is 2.85. The zero-order valence-electron chi connectivity index (χ0n) is 11.2. The van der Waals surface area contributed by atoms with Gasteiger partial charge in [0.05, 0.1) is 5.69 Å². The number of imidazole rings is 1. The monoisotopic (exact) mass is 265 g/mol. The Balaban J connectivity index is 1.97. The first kappa shape index (κ1) is 12.3. The normalized spacial score (nSPS) is 10.7. The van der Waals surface area contributed by atoms with Gasteiger partial charge in [-0.05, 0) is 0 Å². The smallest absolute Gasteiger partial charge is 0.161 e. The first-order valence-corrected chi connectivity index (χ1v) is 6.37. The van der Waals surface area contributed by atoms with Gasteiger partial charge in [0.2, 0.25) is 0 Å². The summed E-state index contributed by atoms with van der Waals surface area (Å²) in [6.07, 6.45) is 4.33. The highest BCUT2D eigenvalue weighted by atomic mass is 15.0. The number of hydrogen-bond acceptors (Lipinski definition) is 4. The first-order valence-electron chi connectivity index (χ1n) is 6.37. The molecule has 5 nitrogen and oxygen atoms in total. The molecule has 2 N–H and O–H groups in total. The van der Waals surface area contributed by atoms with E-state index in [1.165, 1.54) is 0 Å². The number of nitrogens with zero attached hydrogens (tertiary/aromatic N) is 4. The van der Waals surface area contributed by atoms with Gasteiger partial charge >= 0.3 is 0 Å². The van der Waals surface area contributed by atoms with Gasteiger partial charge in [-0.2, -0.15) is 0 Å². The fourth-order valence-electron chi connectivity index (χ4n) is 2.05. The van der Waals surface area contributed by atoms with Crippen LogP contribution in [0, 0.1) is 0 Å². The molecule has 2 heterocycles. The molecule has 0 saturated heterocycles. The highest BCUT2D eigenvalue weighted by Crippen LogP contribution is 2.17. The van der Waals surface area contributed by atoms with Crippen molar-refractivity contribution >= 4 is 5.82 Å². The molecule has 0 bridgehead atoms. The maximum atomic E-state index is 5.89. The molecule has 0 aliphatic rings. The number of nitrogens with two attached hydrogens (primary N) is 1. The minimum atomic E-state index is 0.475. The van der Waals surface area contributed by atoms with Crippen molar-refractivity contribution in [3.63, 3.8) is 0 Å². The van der Waals surface area contributed by atoms with Gasteiger partial charge in [0, 0.05) is 37.5 Å². The van der Waals surface area contributed by atoms with Crippen molar-refractivity contribution in [3.8, 4) is 11.4 Å². The van der Waals surface area contributed by atoms with Gasteiger partial charge in [0.15, 0.2) is 5.82 Å². The van der Waals surface area contributed by atoms with E-state index in [0.717, 1.165) is 17.1 Å². The van der Waals surface area contributed by atoms with Gasteiger partial charge in [-0.25, -0.2) is 15.0 Å². The molecule has 0 radical (unpaired) electrons. The summed E-state index contributed by atoms with van der Waals surface area (Å²) in [4.78, 5) is 13.2. The molecule has 0 fully saturated rings. The Labute approximate surface area is 117 Å². The summed E-state index contributed by atoms with van der Waals surface area (Å²) in [5, 5.41) is 0. The Kier molecular flexibility index (Phi) is 3.16. The van der Waals surface area contributed by atoms with E-state index < -0.39 is 0 Å². The second-order valence-electron chi connectivity index (χ2n) is 4.60. The number of hydrogen-bond donors (Lipinski definition) is 1. The topological polar surface area (TPSA) is 69.6 Å². The van der Waals surface area contributed by atoms with Gasteiger partial charge < -0.3 is 10.3 Å². The summed E-state index contributed by atoms with van der Waals surface area (Å²) in [6, 6.07) is 11.6. The lowest BCUT2D eigenvalue weighted by atomic mass is 10.2. The van der Waals surface area contributed by atoms with Crippen LogP contribution in [0.4, 0.5) is 5.82 Å². The highest BCUT2D eigenvalue weighted by Gasteiger charge is 2.08. The zero-order chi connectivity index (χ0) is 13.9. The van der Waals surface area contributed by atoms with E-state index in [1.54, 1.807) is 12.3 Å². The molecule has 1 aromatic carbocycles. The number of aryl methyl sites for hydroxylation is 1. The number of aromatic nitrogens is 4. The van der Waals surface area contributed by atoms with E-state index in [2.05, 4.69) is 15.0 Å². The van der Waals surface area contributed by atoms with Crippen LogP contribution in [0.25, 0.3) is 11.4 Å². The molecule has 100 valence electrons. The highest BCUT2D eigenvalue weighted by molar-refractivity contribution is 5.56. The molecule has 20 heavy (non-hydrogen) atoms. The van der Waals surface area contributed by atoms with E-state index in [0.29, 0.717) is 18.1 Å². The van der Waals surface area contributed by atoms with E-state index in [9.17, 15) is 0 Å². The number of benzene rings is 1. The molecule has 3 aromatic rings. The van der Waals surface area contributed by atoms with Gasteiger partial charge in [-0.15, -0.1) is 0 Å². The molecule has 0 amide bonds. The van der Waals surface area contributed by atoms with Crippen LogP contribution in [0.5, 0.6) is 0 Å². The minimum Gasteiger partial charge on any atom is -0.384 e. The lowest BCUT2D eigenvalue weighted by Crippen LogP contribution is -2.04. The van der Waals surface area contributed by atoms with Gasteiger partial charge in [0.25, 0.3) is 0 Å². The second kappa shape index (κ2) is 5.13.